The summed E-state index contributed by atoms with van der Waals surface area (Å²) in [5, 5.41) is 10.1. The minimum atomic E-state index is -0.934. The van der Waals surface area contributed by atoms with Crippen LogP contribution in [0.15, 0.2) is 54.9 Å². The molecule has 6 rings (SSSR count). The number of hydrogen-bond donors (Lipinski definition) is 3. The maximum atomic E-state index is 12.8. The first-order valence-electron chi connectivity index (χ1n) is 16.6. The molecule has 2 aliphatic rings. The minimum absolute atomic E-state index is 0.146. The largest absolute Gasteiger partial charge is 0.496 e. The van der Waals surface area contributed by atoms with Crippen LogP contribution in [0.4, 0.5) is 9.59 Å². The van der Waals surface area contributed by atoms with Gasteiger partial charge in [0.25, 0.3) is 0 Å². The van der Waals surface area contributed by atoms with E-state index < -0.39 is 17.2 Å². The summed E-state index contributed by atoms with van der Waals surface area (Å²) in [5.74, 6) is 2.08. The van der Waals surface area contributed by atoms with Crippen molar-refractivity contribution < 1.29 is 24.2 Å². The fourth-order valence-corrected chi connectivity index (χ4v) is 7.30. The van der Waals surface area contributed by atoms with Gasteiger partial charge < -0.3 is 24.5 Å². The highest BCUT2D eigenvalue weighted by Crippen LogP contribution is 2.51. The molecule has 2 atom stereocenters. The average Bonchev–Trinajstić information content (AvgIpc) is 3.85. The quantitative estimate of drug-likeness (QED) is 0.190. The van der Waals surface area contributed by atoms with Crippen LogP contribution in [0.3, 0.4) is 0 Å². The Bertz CT molecular complexity index is 1800. The summed E-state index contributed by atoms with van der Waals surface area (Å²) in [4.78, 5) is 44.9. The molecule has 4 heterocycles. The Morgan fingerprint density at radius 2 is 1.69 bits per heavy atom. The van der Waals surface area contributed by atoms with Crippen LogP contribution in [-0.4, -0.2) is 72.8 Å². The number of nitrogens with zero attached hydrogens (tertiary/aromatic N) is 4. The highest BCUT2D eigenvalue weighted by atomic mass is 16.6. The molecule has 3 N–H and O–H groups in total. The van der Waals surface area contributed by atoms with Gasteiger partial charge in [0.05, 0.1) is 30.7 Å². The second kappa shape index (κ2) is 12.3. The van der Waals surface area contributed by atoms with Gasteiger partial charge in [-0.05, 0) is 80.7 Å². The number of nitrogens with one attached hydrogen (secondary N) is 2. The molecule has 2 amide bonds. The molecule has 2 aromatic heterocycles. The van der Waals surface area contributed by atoms with Crippen molar-refractivity contribution in [2.75, 3.05) is 20.2 Å². The molecule has 0 saturated carbocycles. The van der Waals surface area contributed by atoms with Gasteiger partial charge in [0.2, 0.25) is 0 Å². The molecule has 2 fully saturated rings. The number of amides is 2. The normalized spacial score (nSPS) is 19.9. The molecule has 11 nitrogen and oxygen atoms in total. The number of rotatable bonds is 6. The number of benzene rings is 2. The van der Waals surface area contributed by atoms with Crippen molar-refractivity contribution in [2.45, 2.75) is 84.4 Å². The smallest absolute Gasteiger partial charge is 0.410 e. The Hall–Kier alpha value is -4.80. The van der Waals surface area contributed by atoms with E-state index in [9.17, 15) is 14.7 Å². The van der Waals surface area contributed by atoms with Crippen LogP contribution in [0.1, 0.15) is 84.9 Å². The second-order valence-corrected chi connectivity index (χ2v) is 14.8. The summed E-state index contributed by atoms with van der Waals surface area (Å²) in [6.45, 7) is 12.9. The van der Waals surface area contributed by atoms with Crippen molar-refractivity contribution in [2.24, 2.45) is 5.41 Å². The third kappa shape index (κ3) is 6.02. The van der Waals surface area contributed by atoms with Crippen molar-refractivity contribution >= 4 is 12.2 Å². The van der Waals surface area contributed by atoms with E-state index in [0.29, 0.717) is 36.8 Å². The summed E-state index contributed by atoms with van der Waals surface area (Å²) >= 11 is 0. The summed E-state index contributed by atoms with van der Waals surface area (Å²) in [6, 6.07) is 14.1. The number of ether oxygens (including phenoxy) is 2. The number of carboxylic acid groups (broad SMARTS) is 1. The predicted octanol–water partition coefficient (Wildman–Crippen LogP) is 8.23. The van der Waals surface area contributed by atoms with Gasteiger partial charge in [-0.25, -0.2) is 19.6 Å². The molecule has 4 aromatic rings. The van der Waals surface area contributed by atoms with Crippen molar-refractivity contribution in [3.8, 4) is 39.4 Å². The number of H-pyrrole nitrogens is 2. The fourth-order valence-electron chi connectivity index (χ4n) is 7.30. The summed E-state index contributed by atoms with van der Waals surface area (Å²) in [6.07, 6.45) is 5.61. The van der Waals surface area contributed by atoms with Crippen LogP contribution < -0.4 is 4.74 Å². The predicted molar refractivity (Wildman–Crippen MR) is 184 cm³/mol. The van der Waals surface area contributed by atoms with Crippen molar-refractivity contribution in [3.05, 3.63) is 66.5 Å². The van der Waals surface area contributed by atoms with E-state index in [1.54, 1.807) is 12.0 Å². The molecule has 2 saturated heterocycles. The first kappa shape index (κ1) is 33.1. The summed E-state index contributed by atoms with van der Waals surface area (Å²) in [7, 11) is 1.64. The van der Waals surface area contributed by atoms with E-state index in [1.807, 2.05) is 45.3 Å². The first-order chi connectivity index (χ1) is 22.7. The van der Waals surface area contributed by atoms with Gasteiger partial charge in [-0.15, -0.1) is 0 Å². The van der Waals surface area contributed by atoms with Crippen LogP contribution in [0.2, 0.25) is 0 Å². The zero-order valence-electron chi connectivity index (χ0n) is 28.9. The number of aromatic nitrogens is 4. The Labute approximate surface area is 281 Å². The maximum Gasteiger partial charge on any atom is 0.410 e. The molecule has 0 aliphatic carbocycles. The number of aromatic amines is 2. The minimum Gasteiger partial charge on any atom is -0.496 e. The number of imidazole rings is 2. The maximum absolute atomic E-state index is 12.8. The Morgan fingerprint density at radius 3 is 2.35 bits per heavy atom. The monoisotopic (exact) mass is 654 g/mol. The van der Waals surface area contributed by atoms with E-state index in [4.69, 9.17) is 14.5 Å². The molecule has 2 aromatic carbocycles. The van der Waals surface area contributed by atoms with Crippen LogP contribution in [-0.2, 0) is 10.3 Å². The summed E-state index contributed by atoms with van der Waals surface area (Å²) in [5.41, 5.74) is 3.67. The van der Waals surface area contributed by atoms with Gasteiger partial charge in [0.15, 0.2) is 0 Å². The molecule has 254 valence electrons. The Morgan fingerprint density at radius 1 is 0.979 bits per heavy atom. The molecule has 11 heteroatoms. The lowest BCUT2D eigenvalue weighted by Crippen LogP contribution is -2.53. The van der Waals surface area contributed by atoms with E-state index in [0.717, 1.165) is 53.0 Å². The third-order valence-electron chi connectivity index (χ3n) is 9.62. The molecule has 48 heavy (non-hydrogen) atoms. The molecular formula is C37H46N6O5. The SMILES string of the molecule is COc1ccc(-c2ccc(-c3cnc([C@@H]4CCCN4C(=O)OC(C)(C)C)[nH]3)cc2)cc1-c1c[nH]c([C@@]2(C(C)(C)C)CCCN2C(=O)O)n1. The first-order valence-corrected chi connectivity index (χ1v) is 16.6. The Kier molecular flexibility index (Phi) is 8.51. The van der Waals surface area contributed by atoms with Crippen LogP contribution in [0, 0.1) is 5.41 Å². The molecule has 0 unspecified atom stereocenters. The second-order valence-electron chi connectivity index (χ2n) is 14.8. The third-order valence-corrected chi connectivity index (χ3v) is 9.62. The fraction of sp³-hybridized carbons (Fsp3) is 0.459. The van der Waals surface area contributed by atoms with Crippen LogP contribution in [0.5, 0.6) is 5.75 Å². The van der Waals surface area contributed by atoms with Gasteiger partial charge in [-0.3, -0.25) is 9.80 Å². The standard InChI is InChI=1S/C37H46N6O5/c1-35(2,3)37(17-9-19-43(37)33(44)45)32-39-22-28(41-32)26-20-25(15-16-30(26)47-7)23-11-13-24(14-12-23)27-21-38-31(40-27)29-10-8-18-42(29)34(46)48-36(4,5)6/h11-16,20-22,29H,8-10,17-19H2,1-7H3,(H,38,40)(H,39,41)(H,44,45)/t29-,37+/m0/s1. The van der Waals surface area contributed by atoms with Gasteiger partial charge >= 0.3 is 12.2 Å². The van der Waals surface area contributed by atoms with Gasteiger partial charge in [0.1, 0.15) is 28.5 Å². The number of likely N-dealkylation sites (tertiary alicyclic amines) is 2. The number of carbonyl (C=O) groups excluding carboxylic acids is 1. The highest BCUT2D eigenvalue weighted by molar-refractivity contribution is 5.77. The van der Waals surface area contributed by atoms with Gasteiger partial charge in [-0.1, -0.05) is 51.1 Å². The molecule has 2 aliphatic heterocycles. The lowest BCUT2D eigenvalue weighted by Gasteiger charge is -2.45. The molecular weight excluding hydrogens is 608 g/mol. The van der Waals surface area contributed by atoms with Gasteiger partial charge in [-0.2, -0.15) is 0 Å². The van der Waals surface area contributed by atoms with E-state index in [-0.39, 0.29) is 17.6 Å². The Balaban J connectivity index is 1.25. The van der Waals surface area contributed by atoms with E-state index >= 15 is 0 Å². The topological polar surface area (TPSA) is 137 Å². The van der Waals surface area contributed by atoms with E-state index in [2.05, 4.69) is 66.1 Å². The van der Waals surface area contributed by atoms with Gasteiger partial charge in [0, 0.05) is 24.8 Å². The number of carbonyl (C=O) groups is 2. The lowest BCUT2D eigenvalue weighted by atomic mass is 9.71. The highest BCUT2D eigenvalue weighted by Gasteiger charge is 2.55. The lowest BCUT2D eigenvalue weighted by molar-refractivity contribution is 0.0214. The molecule has 0 radical (unpaired) electrons. The zero-order valence-corrected chi connectivity index (χ0v) is 28.9. The van der Waals surface area contributed by atoms with Crippen LogP contribution >= 0.6 is 0 Å². The van der Waals surface area contributed by atoms with Crippen LogP contribution in [0.25, 0.3) is 33.6 Å². The zero-order chi connectivity index (χ0) is 34.4. The van der Waals surface area contributed by atoms with E-state index in [1.165, 1.54) is 4.90 Å². The van der Waals surface area contributed by atoms with Crippen molar-refractivity contribution in [1.82, 2.24) is 29.7 Å². The average molecular weight is 655 g/mol. The van der Waals surface area contributed by atoms with Crippen molar-refractivity contribution in [3.63, 3.8) is 0 Å². The molecule has 0 spiro atoms. The number of hydrogen-bond acceptors (Lipinski definition) is 6. The van der Waals surface area contributed by atoms with Crippen molar-refractivity contribution in [1.29, 1.82) is 0 Å². The summed E-state index contributed by atoms with van der Waals surface area (Å²) < 4.78 is 11.4. The molecule has 0 bridgehead atoms. The number of methoxy groups -OCH3 is 1.